The molecule has 0 aliphatic rings. The molecule has 0 heterocycles. The van der Waals surface area contributed by atoms with Crippen LogP contribution in [0.4, 0.5) is 10.1 Å². The van der Waals surface area contributed by atoms with Crippen LogP contribution in [0.5, 0.6) is 11.5 Å². The first-order valence-corrected chi connectivity index (χ1v) is 8.07. The van der Waals surface area contributed by atoms with Gasteiger partial charge in [-0.2, -0.15) is 0 Å². The second kappa shape index (κ2) is 6.00. The molecular weight excluding hydrogens is 363 g/mol. The van der Waals surface area contributed by atoms with Gasteiger partial charge in [-0.15, -0.1) is 0 Å². The summed E-state index contributed by atoms with van der Waals surface area (Å²) in [5, 5.41) is 0. The minimum atomic E-state index is -3.75. The molecule has 0 bridgehead atoms. The minimum absolute atomic E-state index is 0.0558. The Morgan fingerprint density at radius 3 is 2.57 bits per heavy atom. The van der Waals surface area contributed by atoms with Gasteiger partial charge in [0.25, 0.3) is 0 Å². The molecule has 3 N–H and O–H groups in total. The highest BCUT2D eigenvalue weighted by molar-refractivity contribution is 9.10. The number of hydrogen-bond acceptors (Lipinski definition) is 4. The zero-order valence-corrected chi connectivity index (χ0v) is 13.3. The molecule has 0 unspecified atom stereocenters. The molecule has 0 saturated heterocycles. The number of benzene rings is 2. The van der Waals surface area contributed by atoms with E-state index in [0.717, 1.165) is 6.07 Å². The van der Waals surface area contributed by atoms with Crippen molar-refractivity contribution in [1.29, 1.82) is 0 Å². The van der Waals surface area contributed by atoms with Crippen molar-refractivity contribution in [3.63, 3.8) is 0 Å². The lowest BCUT2D eigenvalue weighted by Crippen LogP contribution is -2.19. The van der Waals surface area contributed by atoms with Crippen molar-refractivity contribution in [3.8, 4) is 11.5 Å². The molecule has 0 spiro atoms. The van der Waals surface area contributed by atoms with Crippen LogP contribution in [0.2, 0.25) is 0 Å². The van der Waals surface area contributed by atoms with Crippen molar-refractivity contribution in [1.82, 2.24) is 4.72 Å². The molecule has 112 valence electrons. The molecule has 2 rings (SSSR count). The molecule has 0 atom stereocenters. The molecule has 2 aromatic rings. The number of nitrogens with two attached hydrogens (primary N) is 1. The maximum absolute atomic E-state index is 13.5. The quantitative estimate of drug-likeness (QED) is 0.806. The van der Waals surface area contributed by atoms with Gasteiger partial charge in [0, 0.05) is 11.8 Å². The lowest BCUT2D eigenvalue weighted by molar-refractivity contribution is 0.462. The number of rotatable bonds is 4. The van der Waals surface area contributed by atoms with Crippen LogP contribution in [-0.4, -0.2) is 15.5 Å². The van der Waals surface area contributed by atoms with Crippen LogP contribution in [0.3, 0.4) is 0 Å². The first kappa shape index (κ1) is 15.7. The van der Waals surface area contributed by atoms with E-state index in [1.165, 1.54) is 37.4 Å². The summed E-state index contributed by atoms with van der Waals surface area (Å²) in [7, 11) is -2.47. The van der Waals surface area contributed by atoms with Crippen LogP contribution in [0.1, 0.15) is 0 Å². The van der Waals surface area contributed by atoms with Gasteiger partial charge in [-0.05, 0) is 53.3 Å². The monoisotopic (exact) mass is 374 g/mol. The number of halogens is 2. The smallest absolute Gasteiger partial charge is 0.244 e. The van der Waals surface area contributed by atoms with E-state index in [4.69, 9.17) is 10.5 Å². The van der Waals surface area contributed by atoms with Crippen LogP contribution in [-0.2, 0) is 10.0 Å². The van der Waals surface area contributed by atoms with Gasteiger partial charge in [0.15, 0.2) is 0 Å². The molecular formula is C13H12BrFN2O3S. The van der Waals surface area contributed by atoms with Crippen molar-refractivity contribution >= 4 is 31.6 Å². The van der Waals surface area contributed by atoms with Crippen molar-refractivity contribution in [3.05, 3.63) is 46.7 Å². The summed E-state index contributed by atoms with van der Waals surface area (Å²) in [6.07, 6.45) is 0. The number of anilines is 1. The molecule has 0 aliphatic carbocycles. The summed E-state index contributed by atoms with van der Waals surface area (Å²) in [5.74, 6) is -0.283. The fourth-order valence-corrected chi connectivity index (χ4v) is 2.73. The summed E-state index contributed by atoms with van der Waals surface area (Å²) in [6.45, 7) is 0. The van der Waals surface area contributed by atoms with Crippen molar-refractivity contribution < 1.29 is 17.5 Å². The van der Waals surface area contributed by atoms with Crippen molar-refractivity contribution in [2.45, 2.75) is 4.90 Å². The van der Waals surface area contributed by atoms with Gasteiger partial charge < -0.3 is 10.5 Å². The second-order valence-corrected chi connectivity index (χ2v) is 6.80. The fraction of sp³-hybridized carbons (Fsp3) is 0.0769. The summed E-state index contributed by atoms with van der Waals surface area (Å²) < 4.78 is 45.3. The van der Waals surface area contributed by atoms with Crippen LogP contribution < -0.4 is 15.2 Å². The van der Waals surface area contributed by atoms with E-state index >= 15 is 0 Å². The number of nitrogen functional groups attached to an aromatic ring is 1. The average molecular weight is 375 g/mol. The number of ether oxygens (including phenoxy) is 1. The molecule has 21 heavy (non-hydrogen) atoms. The van der Waals surface area contributed by atoms with Gasteiger partial charge in [0.1, 0.15) is 22.2 Å². The number of hydrogen-bond donors (Lipinski definition) is 2. The van der Waals surface area contributed by atoms with Gasteiger partial charge in [0.05, 0.1) is 4.47 Å². The van der Waals surface area contributed by atoms with Crippen LogP contribution in [0.25, 0.3) is 0 Å². The third kappa shape index (κ3) is 3.52. The number of nitrogens with one attached hydrogen (secondary N) is 1. The third-order valence-electron chi connectivity index (χ3n) is 2.64. The SMILES string of the molecule is CNS(=O)(=O)c1cc(N)ccc1Oc1ccc(Br)c(F)c1. The highest BCUT2D eigenvalue weighted by Crippen LogP contribution is 2.31. The molecule has 0 fully saturated rings. The topological polar surface area (TPSA) is 81.4 Å². The molecule has 0 aromatic heterocycles. The first-order valence-electron chi connectivity index (χ1n) is 5.79. The molecule has 8 heteroatoms. The zero-order chi connectivity index (χ0) is 15.6. The molecule has 2 aromatic carbocycles. The largest absolute Gasteiger partial charge is 0.456 e. The van der Waals surface area contributed by atoms with Crippen molar-refractivity contribution in [2.75, 3.05) is 12.8 Å². The molecule has 0 aliphatic heterocycles. The normalized spacial score (nSPS) is 11.4. The van der Waals surface area contributed by atoms with Gasteiger partial charge in [0.2, 0.25) is 10.0 Å². The maximum atomic E-state index is 13.5. The molecule has 0 amide bonds. The average Bonchev–Trinajstić information content (AvgIpc) is 2.44. The van der Waals surface area contributed by atoms with E-state index in [2.05, 4.69) is 20.7 Å². The molecule has 5 nitrogen and oxygen atoms in total. The molecule has 0 saturated carbocycles. The Morgan fingerprint density at radius 1 is 1.24 bits per heavy atom. The van der Waals surface area contributed by atoms with Gasteiger partial charge in [-0.1, -0.05) is 0 Å². The predicted octanol–water partition coefficient (Wildman–Crippen LogP) is 2.87. The standard InChI is InChI=1S/C13H12BrFN2O3S/c1-17-21(18,19)13-6-8(16)2-5-12(13)20-9-3-4-10(14)11(15)7-9/h2-7,17H,16H2,1H3. The van der Waals surface area contributed by atoms with Crippen LogP contribution in [0, 0.1) is 5.82 Å². The summed E-state index contributed by atoms with van der Waals surface area (Å²) in [5.41, 5.74) is 5.88. The summed E-state index contributed by atoms with van der Waals surface area (Å²) >= 11 is 3.03. The second-order valence-electron chi connectivity index (χ2n) is 4.09. The van der Waals surface area contributed by atoms with E-state index in [0.29, 0.717) is 0 Å². The van der Waals surface area contributed by atoms with Gasteiger partial charge >= 0.3 is 0 Å². The Morgan fingerprint density at radius 2 is 1.95 bits per heavy atom. The Balaban J connectivity index is 2.47. The van der Waals surface area contributed by atoms with Crippen molar-refractivity contribution in [2.24, 2.45) is 0 Å². The van der Waals surface area contributed by atoms with E-state index in [1.54, 1.807) is 0 Å². The fourth-order valence-electron chi connectivity index (χ4n) is 1.60. The van der Waals surface area contributed by atoms with Gasteiger partial charge in [-0.25, -0.2) is 17.5 Å². The lowest BCUT2D eigenvalue weighted by atomic mass is 10.3. The van der Waals surface area contributed by atoms with Crippen LogP contribution >= 0.6 is 15.9 Å². The van der Waals surface area contributed by atoms with Gasteiger partial charge in [-0.3, -0.25) is 0 Å². The van der Waals surface area contributed by atoms with E-state index in [-0.39, 0.29) is 26.6 Å². The van der Waals surface area contributed by atoms with E-state index in [9.17, 15) is 12.8 Å². The Labute approximate surface area is 130 Å². The number of sulfonamides is 1. The zero-order valence-electron chi connectivity index (χ0n) is 10.9. The Hall–Kier alpha value is -1.64. The highest BCUT2D eigenvalue weighted by Gasteiger charge is 2.19. The molecule has 0 radical (unpaired) electrons. The lowest BCUT2D eigenvalue weighted by Gasteiger charge is -2.12. The third-order valence-corrected chi connectivity index (χ3v) is 4.72. The Bertz CT molecular complexity index is 781. The minimum Gasteiger partial charge on any atom is -0.456 e. The predicted molar refractivity (Wildman–Crippen MR) is 81.3 cm³/mol. The maximum Gasteiger partial charge on any atom is 0.244 e. The summed E-state index contributed by atoms with van der Waals surface area (Å²) in [4.78, 5) is -0.117. The van der Waals surface area contributed by atoms with Crippen LogP contribution in [0.15, 0.2) is 45.8 Å². The first-order chi connectivity index (χ1) is 9.83. The van der Waals surface area contributed by atoms with E-state index < -0.39 is 15.8 Å². The Kier molecular flexibility index (Phi) is 4.50. The highest BCUT2D eigenvalue weighted by atomic mass is 79.9. The summed E-state index contributed by atoms with van der Waals surface area (Å²) in [6, 6.07) is 8.32. The van der Waals surface area contributed by atoms with E-state index in [1.807, 2.05) is 0 Å².